The molecular weight excluding hydrogens is 493 g/mol. The summed E-state index contributed by atoms with van der Waals surface area (Å²) in [6, 6.07) is 0. The van der Waals surface area contributed by atoms with Crippen molar-refractivity contribution in [3.8, 4) is 0 Å². The van der Waals surface area contributed by atoms with E-state index < -0.39 is 0 Å². The van der Waals surface area contributed by atoms with Crippen LogP contribution in [0.5, 0.6) is 0 Å². The minimum atomic E-state index is 0.164. The molecule has 0 unspecified atom stereocenters. The zero-order valence-electron chi connectivity index (χ0n) is 14.2. The number of thioether (sulfide) groups is 8. The van der Waals surface area contributed by atoms with Gasteiger partial charge in [0.2, 0.25) is 0 Å². The van der Waals surface area contributed by atoms with E-state index in [1.54, 1.807) is 47.0 Å². The van der Waals surface area contributed by atoms with Crippen molar-refractivity contribution in [1.29, 1.82) is 0 Å². The molecule has 10 heteroatoms. The second kappa shape index (κ2) is 13.5. The van der Waals surface area contributed by atoms with Gasteiger partial charge in [0, 0.05) is 18.1 Å². The molecular formula is C17H18O2S8. The van der Waals surface area contributed by atoms with Gasteiger partial charge in [-0.25, -0.2) is 0 Å². The van der Waals surface area contributed by atoms with Gasteiger partial charge in [0.1, 0.15) is 0 Å². The summed E-state index contributed by atoms with van der Waals surface area (Å²) >= 11 is 14.2. The van der Waals surface area contributed by atoms with Gasteiger partial charge in [-0.3, -0.25) is 0 Å². The number of hydrogen-bond acceptors (Lipinski definition) is 10. The molecule has 0 amide bonds. The zero-order chi connectivity index (χ0) is 18.7. The molecule has 5 heterocycles. The summed E-state index contributed by atoms with van der Waals surface area (Å²) in [6.45, 7) is 2.16. The van der Waals surface area contributed by atoms with Gasteiger partial charge in [-0.15, -0.1) is 0 Å². The molecule has 27 heavy (non-hydrogen) atoms. The maximum atomic E-state index is 8.87. The fourth-order valence-corrected chi connectivity index (χ4v) is 10.2. The summed E-state index contributed by atoms with van der Waals surface area (Å²) in [6.07, 6.45) is 2.56. The fraction of sp³-hybridized carbons (Fsp3) is 0.294. The molecule has 0 spiro atoms. The first kappa shape index (κ1) is 22.8. The Bertz CT molecular complexity index is 627. The monoisotopic (exact) mass is 510 g/mol. The molecule has 2 nitrogen and oxygen atoms in total. The normalized spacial score (nSPS) is 22.9. The van der Waals surface area contributed by atoms with Crippen molar-refractivity contribution in [3.05, 3.63) is 59.7 Å². The first-order valence-corrected chi connectivity index (χ1v) is 15.0. The average molecular weight is 511 g/mol. The number of hydrogen-bond donors (Lipinski definition) is 1. The van der Waals surface area contributed by atoms with Gasteiger partial charge in [-0.1, -0.05) is 94.1 Å². The second-order valence-electron chi connectivity index (χ2n) is 4.96. The Kier molecular flexibility index (Phi) is 11.4. The van der Waals surface area contributed by atoms with Crippen LogP contribution >= 0.6 is 94.1 Å². The van der Waals surface area contributed by atoms with Gasteiger partial charge < -0.3 is 9.84 Å². The van der Waals surface area contributed by atoms with Crippen molar-refractivity contribution < 1.29 is 9.84 Å². The Morgan fingerprint density at radius 1 is 0.667 bits per heavy atom. The van der Waals surface area contributed by atoms with E-state index >= 15 is 0 Å². The molecule has 5 aliphatic heterocycles. The van der Waals surface area contributed by atoms with Crippen molar-refractivity contribution in [2.45, 2.75) is 12.8 Å². The fourth-order valence-electron chi connectivity index (χ4n) is 1.87. The third-order valence-electron chi connectivity index (χ3n) is 3.05. The average Bonchev–Trinajstić information content (AvgIpc) is 3.55. The summed E-state index contributed by atoms with van der Waals surface area (Å²) in [7, 11) is 0. The topological polar surface area (TPSA) is 29.5 Å². The number of aliphatic hydroxyl groups is 1. The van der Waals surface area contributed by atoms with E-state index in [-0.39, 0.29) is 6.61 Å². The van der Waals surface area contributed by atoms with Crippen molar-refractivity contribution in [3.63, 3.8) is 0 Å². The summed E-state index contributed by atoms with van der Waals surface area (Å²) in [5.74, 6) is 0. The lowest BCUT2D eigenvalue weighted by Gasteiger charge is -1.99. The summed E-state index contributed by atoms with van der Waals surface area (Å²) in [4.78, 5) is 1.05. The molecule has 0 bridgehead atoms. The van der Waals surface area contributed by atoms with Crippen molar-refractivity contribution in [2.24, 2.45) is 0 Å². The summed E-state index contributed by atoms with van der Waals surface area (Å²) in [5.41, 5.74) is 0. The molecule has 0 aromatic heterocycles. The van der Waals surface area contributed by atoms with Crippen LogP contribution in [0.4, 0.5) is 0 Å². The molecule has 1 fully saturated rings. The number of aliphatic hydroxyl groups excluding tert-OH is 1. The Hall–Kier alpha value is 1.16. The van der Waals surface area contributed by atoms with Gasteiger partial charge in [-0.05, 0) is 50.7 Å². The van der Waals surface area contributed by atoms with Crippen LogP contribution in [0.2, 0.25) is 0 Å². The van der Waals surface area contributed by atoms with E-state index in [1.807, 2.05) is 52.5 Å². The standard InChI is InChI=1S/C7H6OS4.C6H4S4.C4H8O/c8-3-5-4-11-7(12-5)6-9-1-2-10-6;1-2-8-5(7-1)6-9-3-4-10-6;1-2-4-5-3-1/h1-2,4,8H,3H2;1-4H;1-4H2. The van der Waals surface area contributed by atoms with E-state index in [1.165, 1.54) is 29.8 Å². The molecule has 0 saturated carbocycles. The number of rotatable bonds is 1. The molecule has 5 aliphatic rings. The van der Waals surface area contributed by atoms with E-state index in [2.05, 4.69) is 32.4 Å². The van der Waals surface area contributed by atoms with Crippen LogP contribution in [-0.4, -0.2) is 24.9 Å². The van der Waals surface area contributed by atoms with Crippen LogP contribution in [0.3, 0.4) is 0 Å². The minimum Gasteiger partial charge on any atom is -0.391 e. The lowest BCUT2D eigenvalue weighted by Crippen LogP contribution is -1.78. The largest absolute Gasteiger partial charge is 0.391 e. The molecule has 0 aromatic carbocycles. The van der Waals surface area contributed by atoms with Crippen molar-refractivity contribution >= 4 is 94.1 Å². The van der Waals surface area contributed by atoms with Crippen LogP contribution in [0.25, 0.3) is 0 Å². The van der Waals surface area contributed by atoms with Crippen LogP contribution in [0.1, 0.15) is 12.8 Å². The lowest BCUT2D eigenvalue weighted by atomic mass is 10.4. The Morgan fingerprint density at radius 3 is 1.44 bits per heavy atom. The maximum absolute atomic E-state index is 8.87. The summed E-state index contributed by atoms with van der Waals surface area (Å²) in [5, 5.41) is 23.6. The van der Waals surface area contributed by atoms with Crippen LogP contribution in [0, 0.1) is 0 Å². The van der Waals surface area contributed by atoms with E-state index in [4.69, 9.17) is 9.84 Å². The molecule has 146 valence electrons. The third-order valence-corrected chi connectivity index (χ3v) is 12.9. The first-order chi connectivity index (χ1) is 13.4. The van der Waals surface area contributed by atoms with Gasteiger partial charge in [0.25, 0.3) is 0 Å². The van der Waals surface area contributed by atoms with Gasteiger partial charge in [-0.2, -0.15) is 0 Å². The highest BCUT2D eigenvalue weighted by Gasteiger charge is 2.17. The van der Waals surface area contributed by atoms with E-state index in [0.29, 0.717) is 0 Å². The smallest absolute Gasteiger partial charge is 0.0749 e. The zero-order valence-corrected chi connectivity index (χ0v) is 20.7. The third kappa shape index (κ3) is 8.07. The first-order valence-electron chi connectivity index (χ1n) is 8.02. The SMILES string of the molecule is C1=CSC(=C2SC=CS2)S1.C1CCOC1.OCC1=CSC(=C2SC=CS2)S1. The molecule has 1 saturated heterocycles. The molecule has 0 radical (unpaired) electrons. The predicted molar refractivity (Wildman–Crippen MR) is 137 cm³/mol. The highest BCUT2D eigenvalue weighted by atomic mass is 32.2. The van der Waals surface area contributed by atoms with Crippen molar-refractivity contribution in [1.82, 2.24) is 0 Å². The molecule has 1 N–H and O–H groups in total. The van der Waals surface area contributed by atoms with Crippen LogP contribution in [0.15, 0.2) is 59.7 Å². The number of ether oxygens (including phenoxy) is 1. The Balaban J connectivity index is 0.000000126. The maximum Gasteiger partial charge on any atom is 0.0749 e. The summed E-state index contributed by atoms with van der Waals surface area (Å²) < 4.78 is 10.4. The highest BCUT2D eigenvalue weighted by molar-refractivity contribution is 8.34. The van der Waals surface area contributed by atoms with Gasteiger partial charge in [0.15, 0.2) is 0 Å². The molecule has 0 aliphatic carbocycles. The molecule has 5 rings (SSSR count). The van der Waals surface area contributed by atoms with Crippen LogP contribution in [-0.2, 0) is 4.74 Å². The predicted octanol–water partition coefficient (Wildman–Crippen LogP) is 8.19. The van der Waals surface area contributed by atoms with E-state index in [0.717, 1.165) is 18.1 Å². The Labute approximate surface area is 194 Å². The van der Waals surface area contributed by atoms with E-state index in [9.17, 15) is 0 Å². The molecule has 0 aromatic rings. The lowest BCUT2D eigenvalue weighted by molar-refractivity contribution is 0.198. The molecule has 0 atom stereocenters. The highest BCUT2D eigenvalue weighted by Crippen LogP contribution is 2.53. The minimum absolute atomic E-state index is 0.164. The quantitative estimate of drug-likeness (QED) is 0.372. The Morgan fingerprint density at radius 2 is 1.11 bits per heavy atom. The van der Waals surface area contributed by atoms with Gasteiger partial charge in [0.05, 0.1) is 23.6 Å². The van der Waals surface area contributed by atoms with Crippen molar-refractivity contribution in [2.75, 3.05) is 19.8 Å². The van der Waals surface area contributed by atoms with Crippen LogP contribution < -0.4 is 0 Å². The van der Waals surface area contributed by atoms with Gasteiger partial charge >= 0.3 is 0 Å². The second-order valence-corrected chi connectivity index (χ2v) is 13.5.